The van der Waals surface area contributed by atoms with E-state index in [1.165, 1.54) is 70.3 Å². The number of hydrogen-bond acceptors (Lipinski definition) is 3. The average Bonchev–Trinajstić information content (AvgIpc) is 3.35. The van der Waals surface area contributed by atoms with Crippen LogP contribution >= 0.6 is 0 Å². The van der Waals surface area contributed by atoms with Crippen LogP contribution in [0.5, 0.6) is 0 Å². The van der Waals surface area contributed by atoms with E-state index in [1.807, 2.05) is 0 Å². The van der Waals surface area contributed by atoms with E-state index >= 15 is 0 Å². The first-order valence-electron chi connectivity index (χ1n) is 10.1. The summed E-state index contributed by atoms with van der Waals surface area (Å²) in [5.41, 5.74) is 1.45. The minimum absolute atomic E-state index is 0.767. The lowest BCUT2D eigenvalue weighted by molar-refractivity contribution is 0.290. The molecule has 4 rings (SSSR count). The zero-order valence-corrected chi connectivity index (χ0v) is 14.9. The highest BCUT2D eigenvalue weighted by atomic mass is 15.1. The molecule has 3 aliphatic rings. The molecule has 4 atom stereocenters. The van der Waals surface area contributed by atoms with E-state index < -0.39 is 0 Å². The highest BCUT2D eigenvalue weighted by Crippen LogP contribution is 2.32. The minimum atomic E-state index is 0.767. The van der Waals surface area contributed by atoms with E-state index in [4.69, 9.17) is 0 Å². The van der Waals surface area contributed by atoms with Gasteiger partial charge in [-0.15, -0.1) is 0 Å². The van der Waals surface area contributed by atoms with Crippen LogP contribution in [0, 0.1) is 11.8 Å². The molecule has 3 nitrogen and oxygen atoms in total. The quantitative estimate of drug-likeness (QED) is 0.841. The summed E-state index contributed by atoms with van der Waals surface area (Å²) in [6.45, 7) is 6.11. The molecule has 2 aliphatic heterocycles. The number of rotatable bonds is 6. The van der Waals surface area contributed by atoms with Gasteiger partial charge in [0.05, 0.1) is 0 Å². The lowest BCUT2D eigenvalue weighted by atomic mass is 9.92. The number of likely N-dealkylation sites (tertiary alicyclic amines) is 1. The van der Waals surface area contributed by atoms with Gasteiger partial charge in [-0.25, -0.2) is 0 Å². The Hall–Kier alpha value is -0.900. The van der Waals surface area contributed by atoms with E-state index in [2.05, 4.69) is 45.9 Å². The molecule has 2 N–H and O–H groups in total. The van der Waals surface area contributed by atoms with E-state index in [0.717, 1.165) is 30.5 Å². The Morgan fingerprint density at radius 1 is 1.04 bits per heavy atom. The second-order valence-corrected chi connectivity index (χ2v) is 8.19. The molecule has 0 radical (unpaired) electrons. The smallest absolute Gasteiger partial charge is 0.0233 e. The van der Waals surface area contributed by atoms with Gasteiger partial charge in [0, 0.05) is 25.2 Å². The fourth-order valence-electron chi connectivity index (χ4n) is 5.18. The van der Waals surface area contributed by atoms with Crippen LogP contribution in [0.2, 0.25) is 0 Å². The first kappa shape index (κ1) is 16.6. The topological polar surface area (TPSA) is 27.3 Å². The summed E-state index contributed by atoms with van der Waals surface area (Å²) in [5, 5.41) is 7.71. The summed E-state index contributed by atoms with van der Waals surface area (Å²) in [4.78, 5) is 2.63. The van der Waals surface area contributed by atoms with Gasteiger partial charge >= 0.3 is 0 Å². The summed E-state index contributed by atoms with van der Waals surface area (Å²) in [5.74, 6) is 1.72. The Morgan fingerprint density at radius 2 is 1.96 bits per heavy atom. The summed E-state index contributed by atoms with van der Waals surface area (Å²) < 4.78 is 0. The van der Waals surface area contributed by atoms with Crippen molar-refractivity contribution in [2.75, 3.05) is 26.2 Å². The molecule has 0 aromatic heterocycles. The Bertz CT molecular complexity index is 497. The monoisotopic (exact) mass is 327 g/mol. The molecule has 1 aromatic carbocycles. The maximum absolute atomic E-state index is 3.97. The van der Waals surface area contributed by atoms with Gasteiger partial charge in [0.2, 0.25) is 0 Å². The molecule has 4 unspecified atom stereocenters. The lowest BCUT2D eigenvalue weighted by Crippen LogP contribution is -2.43. The number of nitrogens with zero attached hydrogens (tertiary/aromatic N) is 1. The molecule has 3 heteroatoms. The molecule has 24 heavy (non-hydrogen) atoms. The zero-order valence-electron chi connectivity index (χ0n) is 14.9. The molecule has 3 fully saturated rings. The molecular weight excluding hydrogens is 294 g/mol. The van der Waals surface area contributed by atoms with Gasteiger partial charge in [-0.3, -0.25) is 4.90 Å². The van der Waals surface area contributed by atoms with Crippen LogP contribution in [0.25, 0.3) is 0 Å². The maximum Gasteiger partial charge on any atom is 0.0233 e. The lowest BCUT2D eigenvalue weighted by Gasteiger charge is -2.27. The Balaban J connectivity index is 1.22. The normalized spacial score (nSPS) is 34.2. The van der Waals surface area contributed by atoms with Crippen LogP contribution in [0.3, 0.4) is 0 Å². The first-order chi connectivity index (χ1) is 11.9. The number of nitrogens with one attached hydrogen (secondary N) is 2. The van der Waals surface area contributed by atoms with E-state index in [9.17, 15) is 0 Å². The van der Waals surface area contributed by atoms with Crippen LogP contribution in [0.4, 0.5) is 0 Å². The van der Waals surface area contributed by atoms with Crippen molar-refractivity contribution in [3.8, 4) is 0 Å². The summed E-state index contributed by atoms with van der Waals surface area (Å²) in [6.07, 6.45) is 8.38. The third-order valence-corrected chi connectivity index (χ3v) is 6.47. The molecule has 2 saturated heterocycles. The third kappa shape index (κ3) is 4.01. The van der Waals surface area contributed by atoms with E-state index in [-0.39, 0.29) is 0 Å². The van der Waals surface area contributed by atoms with Crippen molar-refractivity contribution in [2.24, 2.45) is 11.8 Å². The van der Waals surface area contributed by atoms with Gasteiger partial charge in [-0.2, -0.15) is 0 Å². The summed E-state index contributed by atoms with van der Waals surface area (Å²) in [6, 6.07) is 12.5. The fourth-order valence-corrected chi connectivity index (χ4v) is 5.18. The van der Waals surface area contributed by atoms with Gasteiger partial charge in [0.25, 0.3) is 0 Å². The second-order valence-electron chi connectivity index (χ2n) is 8.19. The van der Waals surface area contributed by atoms with Crippen molar-refractivity contribution in [1.29, 1.82) is 0 Å². The van der Waals surface area contributed by atoms with Crippen molar-refractivity contribution in [1.82, 2.24) is 15.5 Å². The Morgan fingerprint density at radius 3 is 2.79 bits per heavy atom. The minimum Gasteiger partial charge on any atom is -0.314 e. The van der Waals surface area contributed by atoms with Crippen molar-refractivity contribution >= 4 is 0 Å². The average molecular weight is 328 g/mol. The van der Waals surface area contributed by atoms with Crippen molar-refractivity contribution < 1.29 is 0 Å². The van der Waals surface area contributed by atoms with Crippen molar-refractivity contribution in [3.05, 3.63) is 35.9 Å². The molecule has 2 heterocycles. The summed E-state index contributed by atoms with van der Waals surface area (Å²) >= 11 is 0. The molecular formula is C21H33N3. The van der Waals surface area contributed by atoms with Crippen molar-refractivity contribution in [3.63, 3.8) is 0 Å². The van der Waals surface area contributed by atoms with Crippen LogP contribution in [0.1, 0.15) is 44.1 Å². The molecule has 1 aliphatic carbocycles. The summed E-state index contributed by atoms with van der Waals surface area (Å²) in [7, 11) is 0. The first-order valence-corrected chi connectivity index (χ1v) is 10.1. The van der Waals surface area contributed by atoms with Gasteiger partial charge in [-0.1, -0.05) is 36.8 Å². The maximum atomic E-state index is 3.97. The predicted molar refractivity (Wildman–Crippen MR) is 100.0 cm³/mol. The standard InChI is InChI=1S/C21H33N3/c1-2-6-17(7-3-1)15-24-13-11-18(16-24)14-23-21-9-4-8-19(21)20-10-5-12-22-20/h1-3,6-7,18-23H,4-5,8-16H2. The van der Waals surface area contributed by atoms with E-state index in [0.29, 0.717) is 0 Å². The van der Waals surface area contributed by atoms with E-state index in [1.54, 1.807) is 0 Å². The molecule has 132 valence electrons. The zero-order chi connectivity index (χ0) is 16.2. The fraction of sp³-hybridized carbons (Fsp3) is 0.714. The highest BCUT2D eigenvalue weighted by molar-refractivity contribution is 5.14. The SMILES string of the molecule is c1ccc(CN2CCC(CNC3CCCC3C3CCCN3)C2)cc1. The Kier molecular flexibility index (Phi) is 5.51. The number of hydrogen-bond donors (Lipinski definition) is 2. The molecule has 0 amide bonds. The third-order valence-electron chi connectivity index (χ3n) is 6.47. The Labute approximate surface area is 147 Å². The van der Waals surface area contributed by atoms with Gasteiger partial charge in [-0.05, 0) is 69.1 Å². The molecule has 0 bridgehead atoms. The van der Waals surface area contributed by atoms with Gasteiger partial charge < -0.3 is 10.6 Å². The highest BCUT2D eigenvalue weighted by Gasteiger charge is 2.35. The van der Waals surface area contributed by atoms with Gasteiger partial charge in [0.15, 0.2) is 0 Å². The number of benzene rings is 1. The van der Waals surface area contributed by atoms with Crippen LogP contribution in [-0.4, -0.2) is 43.2 Å². The molecule has 1 saturated carbocycles. The largest absolute Gasteiger partial charge is 0.314 e. The predicted octanol–water partition coefficient (Wildman–Crippen LogP) is 3.02. The second kappa shape index (κ2) is 7.99. The van der Waals surface area contributed by atoms with Crippen LogP contribution in [0.15, 0.2) is 30.3 Å². The molecule has 1 aromatic rings. The molecule has 0 spiro atoms. The van der Waals surface area contributed by atoms with Crippen LogP contribution in [-0.2, 0) is 6.54 Å². The van der Waals surface area contributed by atoms with Gasteiger partial charge in [0.1, 0.15) is 0 Å². The van der Waals surface area contributed by atoms with Crippen molar-refractivity contribution in [2.45, 2.75) is 57.2 Å². The van der Waals surface area contributed by atoms with Crippen LogP contribution < -0.4 is 10.6 Å².